The van der Waals surface area contributed by atoms with Crippen molar-refractivity contribution < 1.29 is 23.8 Å². The molecule has 218 valence electrons. The number of fused-ring (bicyclic) bond motifs is 2. The van der Waals surface area contributed by atoms with E-state index < -0.39 is 5.60 Å². The maximum atomic E-state index is 13.8. The van der Waals surface area contributed by atoms with Crippen LogP contribution in [0.5, 0.6) is 5.75 Å². The van der Waals surface area contributed by atoms with Crippen LogP contribution in [0.1, 0.15) is 78.7 Å². The summed E-state index contributed by atoms with van der Waals surface area (Å²) in [5.41, 5.74) is 4.15. The highest BCUT2D eigenvalue weighted by molar-refractivity contribution is 5.89. The first-order chi connectivity index (χ1) is 20.1. The van der Waals surface area contributed by atoms with E-state index in [4.69, 9.17) is 14.2 Å². The summed E-state index contributed by atoms with van der Waals surface area (Å²) in [7, 11) is 1.39. The Morgan fingerprint density at radius 2 is 1.67 bits per heavy atom. The molecule has 0 spiro atoms. The minimum absolute atomic E-state index is 0.0278. The van der Waals surface area contributed by atoms with Crippen molar-refractivity contribution in [3.8, 4) is 5.75 Å². The predicted octanol–water partition coefficient (Wildman–Crippen LogP) is 8.22. The second-order valence-electron chi connectivity index (χ2n) is 12.0. The minimum Gasteiger partial charge on any atom is -0.488 e. The lowest BCUT2D eigenvalue weighted by molar-refractivity contribution is 0.00570. The van der Waals surface area contributed by atoms with Crippen molar-refractivity contribution in [2.24, 2.45) is 0 Å². The van der Waals surface area contributed by atoms with Crippen molar-refractivity contribution in [3.63, 3.8) is 0 Å². The molecule has 0 radical (unpaired) electrons. The standard InChI is InChI=1S/C36H39NO5/c1-23-20-26(34(38)40-6)18-19-28(23)32-21-27(41-33-17-10-9-15-31(32)33)22-37(35(39)42-36(3,4)5)24(2)29-16-11-13-25-12-7-8-14-30(25)29/h7-20,24,27,32H,21-22H2,1-6H3/t24-,27-,32?/m1/s1. The van der Waals surface area contributed by atoms with Crippen molar-refractivity contribution in [1.29, 1.82) is 0 Å². The van der Waals surface area contributed by atoms with Gasteiger partial charge < -0.3 is 14.2 Å². The van der Waals surface area contributed by atoms with Crippen LogP contribution in [0.25, 0.3) is 10.8 Å². The fraction of sp³-hybridized carbons (Fsp3) is 0.333. The molecule has 0 saturated carbocycles. The van der Waals surface area contributed by atoms with E-state index in [1.807, 2.05) is 82.3 Å². The summed E-state index contributed by atoms with van der Waals surface area (Å²) in [5.74, 6) is 0.475. The average Bonchev–Trinajstić information content (AvgIpc) is 2.97. The van der Waals surface area contributed by atoms with Crippen LogP contribution in [-0.2, 0) is 9.47 Å². The highest BCUT2D eigenvalue weighted by Crippen LogP contribution is 2.42. The van der Waals surface area contributed by atoms with Gasteiger partial charge in [0, 0.05) is 11.5 Å². The number of carbonyl (C=O) groups excluding carboxylic acids is 2. The molecule has 6 heteroatoms. The van der Waals surface area contributed by atoms with Crippen LogP contribution in [0.2, 0.25) is 0 Å². The molecule has 0 aromatic heterocycles. The molecule has 6 nitrogen and oxygen atoms in total. The van der Waals surface area contributed by atoms with Gasteiger partial charge in [-0.3, -0.25) is 4.90 Å². The van der Waals surface area contributed by atoms with E-state index in [0.717, 1.165) is 38.8 Å². The Morgan fingerprint density at radius 3 is 2.40 bits per heavy atom. The SMILES string of the molecule is COC(=O)c1ccc(C2C[C@H](CN(C(=O)OC(C)(C)C)[C@H](C)c3cccc4ccccc34)Oc3ccccc32)c(C)c1. The first kappa shape index (κ1) is 29.2. The van der Waals surface area contributed by atoms with Crippen LogP contribution in [0.4, 0.5) is 4.79 Å². The number of hydrogen-bond donors (Lipinski definition) is 0. The van der Waals surface area contributed by atoms with E-state index in [1.165, 1.54) is 7.11 Å². The highest BCUT2D eigenvalue weighted by Gasteiger charge is 2.35. The second kappa shape index (κ2) is 11.9. The average molecular weight is 566 g/mol. The summed E-state index contributed by atoms with van der Waals surface area (Å²) in [6, 6.07) is 27.9. The van der Waals surface area contributed by atoms with Gasteiger partial charge in [0.1, 0.15) is 17.5 Å². The Hall–Kier alpha value is -4.32. The Bertz CT molecular complexity index is 1600. The third-order valence-corrected chi connectivity index (χ3v) is 7.92. The van der Waals surface area contributed by atoms with E-state index in [-0.39, 0.29) is 30.1 Å². The molecule has 0 bridgehead atoms. The third kappa shape index (κ3) is 6.13. The van der Waals surface area contributed by atoms with Crippen LogP contribution in [-0.4, -0.2) is 42.3 Å². The van der Waals surface area contributed by atoms with E-state index in [0.29, 0.717) is 18.5 Å². The Labute approximate surface area is 248 Å². The zero-order valence-corrected chi connectivity index (χ0v) is 25.2. The molecule has 1 heterocycles. The molecule has 0 aliphatic carbocycles. The number of hydrogen-bond acceptors (Lipinski definition) is 5. The number of carbonyl (C=O) groups is 2. The summed E-state index contributed by atoms with van der Waals surface area (Å²) in [5, 5.41) is 2.23. The van der Waals surface area contributed by atoms with Crippen LogP contribution in [0.15, 0.2) is 84.9 Å². The lowest BCUT2D eigenvalue weighted by atomic mass is 9.81. The predicted molar refractivity (Wildman–Crippen MR) is 165 cm³/mol. The van der Waals surface area contributed by atoms with Gasteiger partial charge in [-0.25, -0.2) is 9.59 Å². The fourth-order valence-electron chi connectivity index (χ4n) is 5.92. The molecule has 0 saturated heterocycles. The van der Waals surface area contributed by atoms with Gasteiger partial charge in [-0.05, 0) is 86.7 Å². The van der Waals surface area contributed by atoms with E-state index in [2.05, 4.69) is 37.3 Å². The topological polar surface area (TPSA) is 65.1 Å². The van der Waals surface area contributed by atoms with Crippen LogP contribution in [0.3, 0.4) is 0 Å². The molecular formula is C36H39NO5. The first-order valence-electron chi connectivity index (χ1n) is 14.5. The van der Waals surface area contributed by atoms with Gasteiger partial charge >= 0.3 is 12.1 Å². The molecule has 42 heavy (non-hydrogen) atoms. The zero-order chi connectivity index (χ0) is 30.0. The molecule has 4 aromatic rings. The molecule has 4 aromatic carbocycles. The molecule has 1 amide bonds. The van der Waals surface area contributed by atoms with Gasteiger partial charge in [-0.2, -0.15) is 0 Å². The number of benzene rings is 4. The summed E-state index contributed by atoms with van der Waals surface area (Å²) >= 11 is 0. The Morgan fingerprint density at radius 1 is 0.952 bits per heavy atom. The van der Waals surface area contributed by atoms with Crippen LogP contribution in [0, 0.1) is 6.92 Å². The van der Waals surface area contributed by atoms with Gasteiger partial charge in [0.05, 0.1) is 25.3 Å². The fourth-order valence-corrected chi connectivity index (χ4v) is 5.92. The maximum absolute atomic E-state index is 13.8. The number of nitrogens with zero attached hydrogens (tertiary/aromatic N) is 1. The molecule has 3 atom stereocenters. The Balaban J connectivity index is 1.50. The summed E-state index contributed by atoms with van der Waals surface area (Å²) in [6.45, 7) is 10.1. The van der Waals surface area contributed by atoms with Crippen LogP contribution < -0.4 is 4.74 Å². The number of ether oxygens (including phenoxy) is 3. The molecule has 1 aliphatic rings. The molecule has 1 aliphatic heterocycles. The Kier molecular flexibility index (Phi) is 8.26. The highest BCUT2D eigenvalue weighted by atomic mass is 16.6. The maximum Gasteiger partial charge on any atom is 0.410 e. The zero-order valence-electron chi connectivity index (χ0n) is 25.2. The number of esters is 1. The molecule has 0 N–H and O–H groups in total. The lowest BCUT2D eigenvalue weighted by Gasteiger charge is -2.38. The minimum atomic E-state index is -0.644. The number of aryl methyl sites for hydroxylation is 1. The molecular weight excluding hydrogens is 526 g/mol. The summed E-state index contributed by atoms with van der Waals surface area (Å²) in [6.07, 6.45) is 0.00634. The van der Waals surface area contributed by atoms with Gasteiger partial charge in [0.25, 0.3) is 0 Å². The van der Waals surface area contributed by atoms with Crippen LogP contribution >= 0.6 is 0 Å². The summed E-state index contributed by atoms with van der Waals surface area (Å²) < 4.78 is 17.4. The van der Waals surface area contributed by atoms with Gasteiger partial charge in [0.2, 0.25) is 0 Å². The van der Waals surface area contributed by atoms with E-state index in [1.54, 1.807) is 4.90 Å². The number of rotatable bonds is 6. The number of amides is 1. The van der Waals surface area contributed by atoms with Crippen molar-refractivity contribution in [2.75, 3.05) is 13.7 Å². The molecule has 1 unspecified atom stereocenters. The molecule has 5 rings (SSSR count). The van der Waals surface area contributed by atoms with Gasteiger partial charge in [0.15, 0.2) is 0 Å². The first-order valence-corrected chi connectivity index (χ1v) is 14.5. The smallest absolute Gasteiger partial charge is 0.410 e. The summed E-state index contributed by atoms with van der Waals surface area (Å²) in [4.78, 5) is 27.7. The van der Waals surface area contributed by atoms with Gasteiger partial charge in [-0.15, -0.1) is 0 Å². The third-order valence-electron chi connectivity index (χ3n) is 7.92. The van der Waals surface area contributed by atoms with Crippen molar-refractivity contribution in [2.45, 2.75) is 64.7 Å². The van der Waals surface area contributed by atoms with Crippen molar-refractivity contribution in [3.05, 3.63) is 113 Å². The van der Waals surface area contributed by atoms with Crippen molar-refractivity contribution in [1.82, 2.24) is 4.90 Å². The quantitative estimate of drug-likeness (QED) is 0.220. The normalized spacial score (nSPS) is 17.1. The van der Waals surface area contributed by atoms with E-state index in [9.17, 15) is 9.59 Å². The number of methoxy groups -OCH3 is 1. The monoisotopic (exact) mass is 565 g/mol. The second-order valence-corrected chi connectivity index (χ2v) is 12.0. The lowest BCUT2D eigenvalue weighted by Crippen LogP contribution is -2.45. The number of para-hydroxylation sites is 1. The largest absolute Gasteiger partial charge is 0.488 e. The molecule has 0 fully saturated rings. The van der Waals surface area contributed by atoms with E-state index >= 15 is 0 Å². The van der Waals surface area contributed by atoms with Crippen molar-refractivity contribution >= 4 is 22.8 Å². The van der Waals surface area contributed by atoms with Gasteiger partial charge in [-0.1, -0.05) is 66.7 Å².